The van der Waals surface area contributed by atoms with E-state index < -0.39 is 17.3 Å². The van der Waals surface area contributed by atoms with Crippen molar-refractivity contribution in [1.29, 1.82) is 5.26 Å². The molecular weight excluding hydrogens is 362 g/mol. The van der Waals surface area contributed by atoms with Gasteiger partial charge in [-0.1, -0.05) is 36.4 Å². The van der Waals surface area contributed by atoms with E-state index in [9.17, 15) is 20.0 Å². The molecular formula is C19H13N5O4. The first kappa shape index (κ1) is 18.3. The van der Waals surface area contributed by atoms with Crippen molar-refractivity contribution in [1.82, 2.24) is 9.97 Å². The number of rotatable bonds is 5. The minimum Gasteiger partial charge on any atom is -0.507 e. The zero-order chi connectivity index (χ0) is 20.1. The third-order valence-electron chi connectivity index (χ3n) is 3.71. The Labute approximate surface area is 158 Å². The lowest BCUT2D eigenvalue weighted by molar-refractivity contribution is 0.0693. The first-order chi connectivity index (χ1) is 13.5. The second-order valence-corrected chi connectivity index (χ2v) is 5.57. The van der Waals surface area contributed by atoms with Gasteiger partial charge in [-0.05, 0) is 17.7 Å². The SMILES string of the molecule is N#Cc1c(-c2ccccc2)nc(NN=Cc2ccc(C(=O)O)c(O)c2)[nH]c1=O. The van der Waals surface area contributed by atoms with Crippen LogP contribution in [0.5, 0.6) is 5.75 Å². The number of carbonyl (C=O) groups is 1. The second kappa shape index (κ2) is 7.84. The number of phenols is 1. The van der Waals surface area contributed by atoms with Crippen LogP contribution in [0.3, 0.4) is 0 Å². The maximum Gasteiger partial charge on any atom is 0.339 e. The van der Waals surface area contributed by atoms with Crippen molar-refractivity contribution >= 4 is 18.1 Å². The highest BCUT2D eigenvalue weighted by Gasteiger charge is 2.13. The summed E-state index contributed by atoms with van der Waals surface area (Å²) in [5.41, 5.74) is 2.84. The first-order valence-electron chi connectivity index (χ1n) is 7.95. The van der Waals surface area contributed by atoms with E-state index in [-0.39, 0.29) is 22.8 Å². The number of hydrazone groups is 1. The van der Waals surface area contributed by atoms with Crippen LogP contribution in [0, 0.1) is 11.3 Å². The minimum absolute atomic E-state index is 0.0190. The van der Waals surface area contributed by atoms with Crippen LogP contribution < -0.4 is 11.0 Å². The van der Waals surface area contributed by atoms with Crippen molar-refractivity contribution < 1.29 is 15.0 Å². The molecule has 0 unspecified atom stereocenters. The molecule has 2 aromatic carbocycles. The van der Waals surface area contributed by atoms with Gasteiger partial charge in [0.25, 0.3) is 5.56 Å². The summed E-state index contributed by atoms with van der Waals surface area (Å²) in [4.78, 5) is 29.7. The average Bonchev–Trinajstić information content (AvgIpc) is 2.68. The molecule has 3 rings (SSSR count). The molecule has 9 heteroatoms. The molecule has 1 aromatic heterocycles. The van der Waals surface area contributed by atoms with Gasteiger partial charge in [0, 0.05) is 5.56 Å². The van der Waals surface area contributed by atoms with E-state index in [1.165, 1.54) is 24.4 Å². The fourth-order valence-electron chi connectivity index (χ4n) is 2.41. The van der Waals surface area contributed by atoms with E-state index in [1.54, 1.807) is 30.3 Å². The highest BCUT2D eigenvalue weighted by molar-refractivity contribution is 5.92. The Hall–Kier alpha value is -4.45. The number of nitriles is 1. The van der Waals surface area contributed by atoms with E-state index in [0.29, 0.717) is 11.1 Å². The van der Waals surface area contributed by atoms with Gasteiger partial charge in [0.2, 0.25) is 5.95 Å². The van der Waals surface area contributed by atoms with Crippen molar-refractivity contribution in [2.45, 2.75) is 0 Å². The van der Waals surface area contributed by atoms with E-state index in [2.05, 4.69) is 20.5 Å². The van der Waals surface area contributed by atoms with Gasteiger partial charge in [-0.2, -0.15) is 10.4 Å². The van der Waals surface area contributed by atoms with Crippen molar-refractivity contribution in [3.63, 3.8) is 0 Å². The Morgan fingerprint density at radius 1 is 1.25 bits per heavy atom. The number of hydrogen-bond acceptors (Lipinski definition) is 7. The molecule has 0 saturated carbocycles. The van der Waals surface area contributed by atoms with Gasteiger partial charge in [0.1, 0.15) is 22.9 Å². The summed E-state index contributed by atoms with van der Waals surface area (Å²) in [5, 5.41) is 31.7. The fourth-order valence-corrected chi connectivity index (χ4v) is 2.41. The number of H-pyrrole nitrogens is 1. The summed E-state index contributed by atoms with van der Waals surface area (Å²) in [6.07, 6.45) is 1.31. The van der Waals surface area contributed by atoms with Crippen LogP contribution in [0.1, 0.15) is 21.5 Å². The molecule has 3 aromatic rings. The molecule has 4 N–H and O–H groups in total. The van der Waals surface area contributed by atoms with Crippen molar-refractivity contribution in [2.24, 2.45) is 5.10 Å². The summed E-state index contributed by atoms with van der Waals surface area (Å²) >= 11 is 0. The molecule has 0 amide bonds. The highest BCUT2D eigenvalue weighted by Crippen LogP contribution is 2.20. The predicted octanol–water partition coefficient (Wildman–Crippen LogP) is 2.16. The number of aromatic amines is 1. The lowest BCUT2D eigenvalue weighted by Gasteiger charge is -2.06. The molecule has 0 aliphatic heterocycles. The van der Waals surface area contributed by atoms with Crippen molar-refractivity contribution in [2.75, 3.05) is 5.43 Å². The average molecular weight is 375 g/mol. The number of aromatic nitrogens is 2. The summed E-state index contributed by atoms with van der Waals surface area (Å²) in [6, 6.07) is 14.6. The summed E-state index contributed by atoms with van der Waals surface area (Å²) in [7, 11) is 0. The zero-order valence-electron chi connectivity index (χ0n) is 14.2. The molecule has 0 saturated heterocycles. The predicted molar refractivity (Wildman–Crippen MR) is 101 cm³/mol. The lowest BCUT2D eigenvalue weighted by Crippen LogP contribution is -2.16. The molecule has 0 aliphatic rings. The molecule has 28 heavy (non-hydrogen) atoms. The molecule has 0 spiro atoms. The lowest BCUT2D eigenvalue weighted by atomic mass is 10.1. The third kappa shape index (κ3) is 3.86. The summed E-state index contributed by atoms with van der Waals surface area (Å²) in [6.45, 7) is 0. The Balaban J connectivity index is 1.87. The van der Waals surface area contributed by atoms with Crippen molar-refractivity contribution in [3.05, 3.63) is 75.6 Å². The van der Waals surface area contributed by atoms with Gasteiger partial charge in [0.05, 0.1) is 11.9 Å². The van der Waals surface area contributed by atoms with E-state index in [0.717, 1.165) is 0 Å². The van der Waals surface area contributed by atoms with Gasteiger partial charge in [0.15, 0.2) is 0 Å². The smallest absolute Gasteiger partial charge is 0.339 e. The fraction of sp³-hybridized carbons (Fsp3) is 0. The normalized spacial score (nSPS) is 10.5. The monoisotopic (exact) mass is 375 g/mol. The number of benzene rings is 2. The van der Waals surface area contributed by atoms with Gasteiger partial charge in [-0.3, -0.25) is 9.78 Å². The van der Waals surface area contributed by atoms with Gasteiger partial charge in [-0.25, -0.2) is 15.2 Å². The Bertz CT molecular complexity index is 1160. The molecule has 0 radical (unpaired) electrons. The number of nitrogens with one attached hydrogen (secondary N) is 2. The van der Waals surface area contributed by atoms with E-state index >= 15 is 0 Å². The topological polar surface area (TPSA) is 151 Å². The molecule has 1 heterocycles. The van der Waals surface area contributed by atoms with Gasteiger partial charge >= 0.3 is 5.97 Å². The largest absolute Gasteiger partial charge is 0.507 e. The number of carboxylic acids is 1. The molecule has 0 fully saturated rings. The maximum absolute atomic E-state index is 12.1. The van der Waals surface area contributed by atoms with Crippen LogP contribution in [0.2, 0.25) is 0 Å². The summed E-state index contributed by atoms with van der Waals surface area (Å²) in [5.74, 6) is -1.62. The second-order valence-electron chi connectivity index (χ2n) is 5.57. The van der Waals surface area contributed by atoms with Gasteiger partial charge < -0.3 is 10.2 Å². The van der Waals surface area contributed by atoms with Crippen LogP contribution in [0.15, 0.2) is 58.4 Å². The Morgan fingerprint density at radius 3 is 2.64 bits per heavy atom. The van der Waals surface area contributed by atoms with Crippen LogP contribution in [-0.2, 0) is 0 Å². The number of hydrogen-bond donors (Lipinski definition) is 4. The first-order valence-corrected chi connectivity index (χ1v) is 7.95. The number of aromatic hydroxyl groups is 1. The zero-order valence-corrected chi connectivity index (χ0v) is 14.2. The standard InChI is InChI=1S/C19H13N5O4/c20-9-14-16(12-4-2-1-3-5-12)22-19(23-17(14)26)24-21-10-11-6-7-13(18(27)28)15(25)8-11/h1-8,10,25H,(H,27,28)(H2,22,23,24,26). The Kier molecular flexibility index (Phi) is 5.14. The van der Waals surface area contributed by atoms with Crippen LogP contribution in [0.25, 0.3) is 11.3 Å². The minimum atomic E-state index is -1.24. The van der Waals surface area contributed by atoms with E-state index in [4.69, 9.17) is 5.11 Å². The molecule has 9 nitrogen and oxygen atoms in total. The van der Waals surface area contributed by atoms with Crippen LogP contribution in [-0.4, -0.2) is 32.4 Å². The third-order valence-corrected chi connectivity index (χ3v) is 3.71. The van der Waals surface area contributed by atoms with Gasteiger partial charge in [-0.15, -0.1) is 0 Å². The number of anilines is 1. The number of carboxylic acid groups (broad SMARTS) is 1. The Morgan fingerprint density at radius 2 is 2.00 bits per heavy atom. The molecule has 0 atom stereocenters. The van der Waals surface area contributed by atoms with Crippen LogP contribution >= 0.6 is 0 Å². The number of aromatic carboxylic acids is 1. The maximum atomic E-state index is 12.1. The van der Waals surface area contributed by atoms with Crippen LogP contribution in [0.4, 0.5) is 5.95 Å². The van der Waals surface area contributed by atoms with E-state index in [1.807, 2.05) is 6.07 Å². The summed E-state index contributed by atoms with van der Waals surface area (Å²) < 4.78 is 0. The quantitative estimate of drug-likeness (QED) is 0.394. The molecule has 138 valence electrons. The number of nitrogens with zero attached hydrogens (tertiary/aromatic N) is 3. The molecule has 0 aliphatic carbocycles. The molecule has 0 bridgehead atoms. The highest BCUT2D eigenvalue weighted by atomic mass is 16.4. The van der Waals surface area contributed by atoms with Crippen molar-refractivity contribution in [3.8, 4) is 23.1 Å².